The Hall–Kier alpha value is -3.25. The van der Waals surface area contributed by atoms with Gasteiger partial charge in [0, 0.05) is 16.9 Å². The summed E-state index contributed by atoms with van der Waals surface area (Å²) < 4.78 is 6.97. The summed E-state index contributed by atoms with van der Waals surface area (Å²) in [5.74, 6) is 0.0900. The Morgan fingerprint density at radius 1 is 1.00 bits per heavy atom. The Bertz CT molecular complexity index is 1310. The molecule has 2 heterocycles. The van der Waals surface area contributed by atoms with Crippen LogP contribution in [0.15, 0.2) is 65.5 Å². The summed E-state index contributed by atoms with van der Waals surface area (Å²) in [6.45, 7) is 0.132. The van der Waals surface area contributed by atoms with Crippen LogP contribution in [0, 0.1) is 0 Å². The average Bonchev–Trinajstić information content (AvgIpc) is 3.21. The summed E-state index contributed by atoms with van der Waals surface area (Å²) in [5.41, 5.74) is 2.90. The molecule has 0 spiro atoms. The Kier molecular flexibility index (Phi) is 5.86. The number of ether oxygens (including phenoxy) is 1. The number of fused-ring (bicyclic) bond motifs is 3. The van der Waals surface area contributed by atoms with E-state index < -0.39 is 5.97 Å². The minimum Gasteiger partial charge on any atom is -0.464 e. The van der Waals surface area contributed by atoms with Crippen molar-refractivity contribution in [3.8, 4) is 11.4 Å². The molecule has 0 unspecified atom stereocenters. The lowest BCUT2D eigenvalue weighted by Gasteiger charge is -2.14. The molecular weight excluding hydrogens is 420 g/mol. The third-order valence-corrected chi connectivity index (χ3v) is 7.08. The second kappa shape index (κ2) is 9.09. The van der Waals surface area contributed by atoms with Gasteiger partial charge in [0.15, 0.2) is 0 Å². The monoisotopic (exact) mass is 444 g/mol. The molecule has 5 rings (SSSR count). The van der Waals surface area contributed by atoms with E-state index in [0.717, 1.165) is 47.2 Å². The van der Waals surface area contributed by atoms with Crippen LogP contribution in [-0.2, 0) is 35.3 Å². The van der Waals surface area contributed by atoms with Crippen molar-refractivity contribution in [1.29, 1.82) is 0 Å². The van der Waals surface area contributed by atoms with E-state index in [1.807, 2.05) is 60.7 Å². The molecule has 0 radical (unpaired) electrons. The highest BCUT2D eigenvalue weighted by Gasteiger charge is 2.23. The lowest BCUT2D eigenvalue weighted by molar-refractivity contribution is -0.144. The number of thiophene rings is 1. The number of benzene rings is 2. The first kappa shape index (κ1) is 20.6. The maximum absolute atomic E-state index is 13.6. The molecule has 2 aromatic carbocycles. The molecule has 1 aliphatic rings. The van der Waals surface area contributed by atoms with Crippen molar-refractivity contribution >= 4 is 27.5 Å². The topological polar surface area (TPSA) is 61.2 Å². The second-order valence-electron chi connectivity index (χ2n) is 8.04. The Labute approximate surface area is 190 Å². The first-order chi connectivity index (χ1) is 15.7. The molecule has 6 heteroatoms. The second-order valence-corrected chi connectivity index (χ2v) is 9.12. The predicted octanol–water partition coefficient (Wildman–Crippen LogP) is 4.79. The van der Waals surface area contributed by atoms with Crippen LogP contribution in [-0.4, -0.2) is 22.1 Å². The van der Waals surface area contributed by atoms with Crippen LogP contribution in [0.1, 0.15) is 28.8 Å². The molecule has 0 bridgehead atoms. The summed E-state index contributed by atoms with van der Waals surface area (Å²) in [6.07, 6.45) is 4.77. The van der Waals surface area contributed by atoms with Crippen molar-refractivity contribution in [3.05, 3.63) is 87.0 Å². The van der Waals surface area contributed by atoms with Gasteiger partial charge in [0.2, 0.25) is 0 Å². The number of rotatable bonds is 6. The van der Waals surface area contributed by atoms with Crippen LogP contribution >= 0.6 is 11.3 Å². The summed E-state index contributed by atoms with van der Waals surface area (Å²) in [7, 11) is 0. The summed E-state index contributed by atoms with van der Waals surface area (Å²) >= 11 is 1.62. The maximum Gasteiger partial charge on any atom is 0.326 e. The van der Waals surface area contributed by atoms with Crippen LogP contribution in [0.25, 0.3) is 21.6 Å². The largest absolute Gasteiger partial charge is 0.464 e. The third kappa shape index (κ3) is 4.10. The van der Waals surface area contributed by atoms with E-state index in [9.17, 15) is 9.59 Å². The smallest absolute Gasteiger partial charge is 0.326 e. The lowest BCUT2D eigenvalue weighted by Crippen LogP contribution is -2.28. The first-order valence-electron chi connectivity index (χ1n) is 11.0. The number of aromatic nitrogens is 2. The minimum atomic E-state index is -0.426. The fraction of sp³-hybridized carbons (Fsp3) is 0.269. The number of esters is 1. The quantitative estimate of drug-likeness (QED) is 0.401. The number of carbonyl (C=O) groups is 1. The molecule has 32 heavy (non-hydrogen) atoms. The maximum atomic E-state index is 13.6. The van der Waals surface area contributed by atoms with Crippen LogP contribution in [0.2, 0.25) is 0 Å². The van der Waals surface area contributed by atoms with E-state index >= 15 is 0 Å². The average molecular weight is 445 g/mol. The van der Waals surface area contributed by atoms with Gasteiger partial charge in [-0.2, -0.15) is 0 Å². The fourth-order valence-electron chi connectivity index (χ4n) is 4.29. The first-order valence-corrected chi connectivity index (χ1v) is 11.8. The van der Waals surface area contributed by atoms with Crippen LogP contribution < -0.4 is 5.56 Å². The molecule has 0 N–H and O–H groups in total. The minimum absolute atomic E-state index is 0.145. The summed E-state index contributed by atoms with van der Waals surface area (Å²) in [6, 6.07) is 19.5. The molecular formula is C26H24N2O3S. The van der Waals surface area contributed by atoms with Crippen molar-refractivity contribution in [3.63, 3.8) is 0 Å². The van der Waals surface area contributed by atoms with Crippen LogP contribution in [0.3, 0.4) is 0 Å². The third-order valence-electron chi connectivity index (χ3n) is 5.89. The van der Waals surface area contributed by atoms with Gasteiger partial charge < -0.3 is 4.74 Å². The normalized spacial score (nSPS) is 13.1. The predicted molar refractivity (Wildman–Crippen MR) is 127 cm³/mol. The molecule has 0 amide bonds. The number of aryl methyl sites for hydroxylation is 2. The Morgan fingerprint density at radius 2 is 1.72 bits per heavy atom. The SMILES string of the molecule is O=C(Cn1c(-c2ccccc2)nc2sc3c(c2c1=O)CCCC3)OCCc1ccccc1. The zero-order chi connectivity index (χ0) is 21.9. The zero-order valence-corrected chi connectivity index (χ0v) is 18.6. The van der Waals surface area contributed by atoms with Crippen LogP contribution in [0.5, 0.6) is 0 Å². The lowest BCUT2D eigenvalue weighted by atomic mass is 9.97. The summed E-state index contributed by atoms with van der Waals surface area (Å²) in [5, 5.41) is 0.682. The molecule has 0 atom stereocenters. The van der Waals surface area contributed by atoms with Gasteiger partial charge in [-0.1, -0.05) is 60.7 Å². The molecule has 162 valence electrons. The van der Waals surface area contributed by atoms with Crippen molar-refractivity contribution in [2.45, 2.75) is 38.6 Å². The van der Waals surface area contributed by atoms with Gasteiger partial charge >= 0.3 is 5.97 Å². The highest BCUT2D eigenvalue weighted by Crippen LogP contribution is 2.34. The van der Waals surface area contributed by atoms with E-state index in [0.29, 0.717) is 17.6 Å². The van der Waals surface area contributed by atoms with Crippen molar-refractivity contribution < 1.29 is 9.53 Å². The zero-order valence-electron chi connectivity index (χ0n) is 17.8. The van der Waals surface area contributed by atoms with Gasteiger partial charge in [0.1, 0.15) is 17.2 Å². The molecule has 4 aromatic rings. The van der Waals surface area contributed by atoms with Gasteiger partial charge in [-0.25, -0.2) is 4.98 Å². The number of nitrogens with zero attached hydrogens (tertiary/aromatic N) is 2. The van der Waals surface area contributed by atoms with Gasteiger partial charge in [0.05, 0.1) is 12.0 Å². The van der Waals surface area contributed by atoms with Gasteiger partial charge in [-0.15, -0.1) is 11.3 Å². The van der Waals surface area contributed by atoms with E-state index in [-0.39, 0.29) is 18.7 Å². The van der Waals surface area contributed by atoms with E-state index in [2.05, 4.69) is 0 Å². The van der Waals surface area contributed by atoms with Gasteiger partial charge in [0.25, 0.3) is 5.56 Å². The number of hydrogen-bond donors (Lipinski definition) is 0. The number of hydrogen-bond acceptors (Lipinski definition) is 5. The van der Waals surface area contributed by atoms with Crippen LogP contribution in [0.4, 0.5) is 0 Å². The Balaban J connectivity index is 1.48. The Morgan fingerprint density at radius 3 is 2.50 bits per heavy atom. The molecule has 2 aromatic heterocycles. The standard InChI is InChI=1S/C26H24N2O3S/c29-22(31-16-15-18-9-3-1-4-10-18)17-28-24(19-11-5-2-6-12-19)27-25-23(26(28)30)20-13-7-8-14-21(20)32-25/h1-6,9-12H,7-8,13-17H2. The highest BCUT2D eigenvalue weighted by atomic mass is 32.1. The molecule has 5 nitrogen and oxygen atoms in total. The van der Waals surface area contributed by atoms with E-state index in [4.69, 9.17) is 9.72 Å². The molecule has 0 fully saturated rings. The highest BCUT2D eigenvalue weighted by molar-refractivity contribution is 7.18. The van der Waals surface area contributed by atoms with E-state index in [1.54, 1.807) is 11.3 Å². The van der Waals surface area contributed by atoms with Crippen molar-refractivity contribution in [1.82, 2.24) is 9.55 Å². The van der Waals surface area contributed by atoms with Crippen molar-refractivity contribution in [2.75, 3.05) is 6.61 Å². The molecule has 0 saturated carbocycles. The van der Waals surface area contributed by atoms with Gasteiger partial charge in [-0.05, 0) is 36.8 Å². The molecule has 0 aliphatic heterocycles. The van der Waals surface area contributed by atoms with Crippen molar-refractivity contribution in [2.24, 2.45) is 0 Å². The molecule has 1 aliphatic carbocycles. The van der Waals surface area contributed by atoms with E-state index in [1.165, 1.54) is 9.44 Å². The fourth-order valence-corrected chi connectivity index (χ4v) is 5.55. The summed E-state index contributed by atoms with van der Waals surface area (Å²) in [4.78, 5) is 33.2. The van der Waals surface area contributed by atoms with Gasteiger partial charge in [-0.3, -0.25) is 14.2 Å². The molecule has 0 saturated heterocycles. The number of carbonyl (C=O) groups excluding carboxylic acids is 1.